The van der Waals surface area contributed by atoms with Gasteiger partial charge in [0.15, 0.2) is 0 Å². The van der Waals surface area contributed by atoms with Crippen molar-refractivity contribution in [3.05, 3.63) is 59.7 Å². The Morgan fingerprint density at radius 1 is 0.833 bits per heavy atom. The molecule has 0 atom stereocenters. The lowest BCUT2D eigenvalue weighted by Crippen LogP contribution is -2.06. The number of anilines is 5. The van der Waals surface area contributed by atoms with E-state index < -0.39 is 6.08 Å². The van der Waals surface area contributed by atoms with Crippen LogP contribution in [0.5, 0.6) is 0 Å². The second-order valence-corrected chi connectivity index (χ2v) is 5.44. The van der Waals surface area contributed by atoms with Crippen LogP contribution < -0.4 is 16.4 Å². The van der Waals surface area contributed by atoms with Crippen LogP contribution in [0.25, 0.3) is 0 Å². The molecule has 0 spiro atoms. The maximum absolute atomic E-state index is 13.7. The Bertz CT molecular complexity index is 863. The van der Waals surface area contributed by atoms with Crippen molar-refractivity contribution >= 4 is 29.0 Å². The van der Waals surface area contributed by atoms with Crippen molar-refractivity contribution in [1.82, 2.24) is 15.0 Å². The maximum atomic E-state index is 13.7. The van der Waals surface area contributed by atoms with E-state index in [-0.39, 0.29) is 11.9 Å². The molecule has 24 heavy (non-hydrogen) atoms. The van der Waals surface area contributed by atoms with Gasteiger partial charge in [0.1, 0.15) is 0 Å². The summed E-state index contributed by atoms with van der Waals surface area (Å²) >= 11 is 0. The molecule has 0 amide bonds. The predicted octanol–water partition coefficient (Wildman–Crippen LogP) is 3.70. The number of nitrogens with two attached hydrogens (primary N) is 1. The number of benzene rings is 2. The molecule has 3 rings (SSSR count). The van der Waals surface area contributed by atoms with Crippen LogP contribution in [-0.2, 0) is 0 Å². The van der Waals surface area contributed by atoms with Crippen molar-refractivity contribution in [3.63, 3.8) is 0 Å². The summed E-state index contributed by atoms with van der Waals surface area (Å²) in [4.78, 5) is 11.5. The molecular formula is C17H17FN6. The van der Waals surface area contributed by atoms with Gasteiger partial charge in [0, 0.05) is 17.1 Å². The molecule has 0 saturated heterocycles. The van der Waals surface area contributed by atoms with Gasteiger partial charge in [-0.15, -0.1) is 0 Å². The zero-order valence-electron chi connectivity index (χ0n) is 13.3. The zero-order chi connectivity index (χ0) is 17.1. The summed E-state index contributed by atoms with van der Waals surface area (Å²) in [6, 6.07) is 13.0. The van der Waals surface area contributed by atoms with Gasteiger partial charge in [-0.2, -0.15) is 19.3 Å². The Hall–Kier alpha value is -3.22. The summed E-state index contributed by atoms with van der Waals surface area (Å²) < 4.78 is 13.7. The summed E-state index contributed by atoms with van der Waals surface area (Å²) in [5.74, 6) is 0.217. The van der Waals surface area contributed by atoms with Gasteiger partial charge >= 0.3 is 6.08 Å². The van der Waals surface area contributed by atoms with Crippen LogP contribution in [-0.4, -0.2) is 15.0 Å². The fourth-order valence-corrected chi connectivity index (χ4v) is 2.08. The van der Waals surface area contributed by atoms with E-state index in [4.69, 9.17) is 5.73 Å². The van der Waals surface area contributed by atoms with Crippen molar-refractivity contribution < 1.29 is 4.39 Å². The SMILES string of the molecule is Cc1ccc(Nc2nc(F)nc(Nc3ccc(C)c(N)c3)n2)cc1. The summed E-state index contributed by atoms with van der Waals surface area (Å²) in [6.45, 7) is 3.90. The third kappa shape index (κ3) is 3.75. The van der Waals surface area contributed by atoms with Crippen LogP contribution in [0, 0.1) is 19.9 Å². The first-order valence-electron chi connectivity index (χ1n) is 7.38. The number of nitrogens with one attached hydrogen (secondary N) is 2. The number of hydrogen-bond acceptors (Lipinski definition) is 6. The van der Waals surface area contributed by atoms with Crippen molar-refractivity contribution in [1.29, 1.82) is 0 Å². The molecule has 0 saturated carbocycles. The predicted molar refractivity (Wildman–Crippen MR) is 93.1 cm³/mol. The van der Waals surface area contributed by atoms with Gasteiger partial charge in [0.05, 0.1) is 0 Å². The van der Waals surface area contributed by atoms with Gasteiger partial charge in [0.2, 0.25) is 11.9 Å². The first kappa shape index (κ1) is 15.7. The van der Waals surface area contributed by atoms with E-state index >= 15 is 0 Å². The van der Waals surface area contributed by atoms with Crippen molar-refractivity contribution in [2.75, 3.05) is 16.4 Å². The van der Waals surface area contributed by atoms with Crippen LogP contribution >= 0.6 is 0 Å². The average Bonchev–Trinajstić information content (AvgIpc) is 2.53. The van der Waals surface area contributed by atoms with Gasteiger partial charge in [-0.25, -0.2) is 0 Å². The molecule has 6 nitrogen and oxygen atoms in total. The highest BCUT2D eigenvalue weighted by molar-refractivity contribution is 5.63. The number of rotatable bonds is 4. The second-order valence-electron chi connectivity index (χ2n) is 5.44. The van der Waals surface area contributed by atoms with Crippen molar-refractivity contribution in [3.8, 4) is 0 Å². The zero-order valence-corrected chi connectivity index (χ0v) is 13.3. The topological polar surface area (TPSA) is 88.8 Å². The largest absolute Gasteiger partial charge is 0.398 e. The quantitative estimate of drug-likeness (QED) is 0.634. The van der Waals surface area contributed by atoms with E-state index in [1.54, 1.807) is 6.07 Å². The van der Waals surface area contributed by atoms with Gasteiger partial charge in [0.25, 0.3) is 0 Å². The molecule has 0 bridgehead atoms. The van der Waals surface area contributed by atoms with E-state index in [0.717, 1.165) is 16.8 Å². The van der Waals surface area contributed by atoms with Gasteiger partial charge in [-0.1, -0.05) is 23.8 Å². The standard InChI is InChI=1S/C17H17FN6/c1-10-3-6-12(7-4-10)20-16-22-15(18)23-17(24-16)21-13-8-5-11(2)14(19)9-13/h3-9H,19H2,1-2H3,(H2,20,21,22,23,24). The molecular weight excluding hydrogens is 307 g/mol. The van der Waals surface area contributed by atoms with Crippen LogP contribution in [0.2, 0.25) is 0 Å². The molecule has 0 radical (unpaired) electrons. The number of nitrogens with zero attached hydrogens (tertiary/aromatic N) is 3. The minimum Gasteiger partial charge on any atom is -0.398 e. The van der Waals surface area contributed by atoms with Gasteiger partial charge < -0.3 is 16.4 Å². The monoisotopic (exact) mass is 324 g/mol. The van der Waals surface area contributed by atoms with Crippen LogP contribution in [0.3, 0.4) is 0 Å². The smallest absolute Gasteiger partial charge is 0.315 e. The molecule has 0 aliphatic rings. The van der Waals surface area contributed by atoms with Crippen molar-refractivity contribution in [2.45, 2.75) is 13.8 Å². The van der Waals surface area contributed by atoms with Crippen LogP contribution in [0.15, 0.2) is 42.5 Å². The third-order valence-corrected chi connectivity index (χ3v) is 3.45. The number of nitrogen functional groups attached to an aromatic ring is 1. The third-order valence-electron chi connectivity index (χ3n) is 3.45. The molecule has 7 heteroatoms. The number of hydrogen-bond donors (Lipinski definition) is 3. The minimum absolute atomic E-state index is 0.0976. The molecule has 0 aliphatic carbocycles. The van der Waals surface area contributed by atoms with Crippen molar-refractivity contribution in [2.24, 2.45) is 0 Å². The first-order valence-corrected chi connectivity index (χ1v) is 7.38. The molecule has 0 fully saturated rings. The minimum atomic E-state index is -0.873. The Morgan fingerprint density at radius 3 is 2.04 bits per heavy atom. The second kappa shape index (κ2) is 6.49. The molecule has 0 aliphatic heterocycles. The van der Waals surface area contributed by atoms with E-state index in [2.05, 4.69) is 25.6 Å². The van der Waals surface area contributed by atoms with E-state index in [0.29, 0.717) is 11.4 Å². The molecule has 3 aromatic rings. The molecule has 2 aromatic carbocycles. The molecule has 0 unspecified atom stereocenters. The Balaban J connectivity index is 1.82. The van der Waals surface area contributed by atoms with E-state index in [9.17, 15) is 4.39 Å². The highest BCUT2D eigenvalue weighted by atomic mass is 19.1. The fraction of sp³-hybridized carbons (Fsp3) is 0.118. The Morgan fingerprint density at radius 2 is 1.42 bits per heavy atom. The fourth-order valence-electron chi connectivity index (χ4n) is 2.08. The molecule has 1 heterocycles. The summed E-state index contributed by atoms with van der Waals surface area (Å²) in [7, 11) is 0. The normalized spacial score (nSPS) is 10.5. The molecule has 122 valence electrons. The molecule has 1 aromatic heterocycles. The summed E-state index contributed by atoms with van der Waals surface area (Å²) in [6.07, 6.45) is -0.873. The number of aromatic nitrogens is 3. The highest BCUT2D eigenvalue weighted by Crippen LogP contribution is 2.21. The van der Waals surface area contributed by atoms with E-state index in [1.165, 1.54) is 0 Å². The first-order chi connectivity index (χ1) is 11.5. The Kier molecular flexibility index (Phi) is 4.24. The van der Waals surface area contributed by atoms with E-state index in [1.807, 2.05) is 50.2 Å². The maximum Gasteiger partial charge on any atom is 0.315 e. The lowest BCUT2D eigenvalue weighted by molar-refractivity contribution is 0.537. The van der Waals surface area contributed by atoms with Gasteiger partial charge in [-0.05, 0) is 43.7 Å². The highest BCUT2D eigenvalue weighted by Gasteiger charge is 2.07. The lowest BCUT2D eigenvalue weighted by Gasteiger charge is -2.09. The molecule has 4 N–H and O–H groups in total. The lowest BCUT2D eigenvalue weighted by atomic mass is 10.2. The Labute approximate surface area is 139 Å². The van der Waals surface area contributed by atoms with Gasteiger partial charge in [-0.3, -0.25) is 0 Å². The summed E-state index contributed by atoms with van der Waals surface area (Å²) in [5.41, 5.74) is 10.0. The van der Waals surface area contributed by atoms with Crippen LogP contribution in [0.4, 0.5) is 33.3 Å². The summed E-state index contributed by atoms with van der Waals surface area (Å²) in [5, 5.41) is 5.88. The van der Waals surface area contributed by atoms with Crippen LogP contribution in [0.1, 0.15) is 11.1 Å². The number of halogens is 1. The number of aryl methyl sites for hydroxylation is 2. The average molecular weight is 324 g/mol.